The Balaban J connectivity index is 1.45. The summed E-state index contributed by atoms with van der Waals surface area (Å²) < 4.78 is 64.7. The van der Waals surface area contributed by atoms with Crippen molar-refractivity contribution in [3.8, 4) is 11.5 Å². The van der Waals surface area contributed by atoms with Crippen LogP contribution in [-0.4, -0.2) is 48.3 Å². The minimum Gasteiger partial charge on any atom is -0.494 e. The van der Waals surface area contributed by atoms with Crippen LogP contribution in [0.1, 0.15) is 6.92 Å². The lowest BCUT2D eigenvalue weighted by molar-refractivity contribution is -0.122. The molecule has 13 heteroatoms. The summed E-state index contributed by atoms with van der Waals surface area (Å²) in [6.07, 6.45) is -0.119. The SMILES string of the molecule is CCOc1ccc(NS(=O)(=O)c2ccc(NC(=O)[C@@H]3CN(S(C)(=O)=O)c4cc(Cl)ccc4O3)cc2)cc1. The van der Waals surface area contributed by atoms with Gasteiger partial charge in [-0.3, -0.25) is 13.8 Å². The van der Waals surface area contributed by atoms with Crippen LogP contribution in [0.25, 0.3) is 0 Å². The highest BCUT2D eigenvalue weighted by Gasteiger charge is 2.35. The van der Waals surface area contributed by atoms with Gasteiger partial charge in [0.2, 0.25) is 10.0 Å². The molecule has 3 aromatic rings. The Morgan fingerprint density at radius 3 is 2.30 bits per heavy atom. The Morgan fingerprint density at radius 1 is 1.03 bits per heavy atom. The van der Waals surface area contributed by atoms with Crippen LogP contribution in [0.15, 0.2) is 71.6 Å². The van der Waals surface area contributed by atoms with Gasteiger partial charge >= 0.3 is 0 Å². The molecule has 0 aromatic heterocycles. The molecule has 0 fully saturated rings. The van der Waals surface area contributed by atoms with E-state index in [1.54, 1.807) is 24.3 Å². The Morgan fingerprint density at radius 2 is 1.68 bits per heavy atom. The van der Waals surface area contributed by atoms with Gasteiger partial charge in [-0.25, -0.2) is 16.8 Å². The van der Waals surface area contributed by atoms with Gasteiger partial charge in [-0.15, -0.1) is 0 Å². The van der Waals surface area contributed by atoms with Gasteiger partial charge < -0.3 is 14.8 Å². The van der Waals surface area contributed by atoms with Crippen LogP contribution < -0.4 is 23.8 Å². The summed E-state index contributed by atoms with van der Waals surface area (Å²) in [4.78, 5) is 12.9. The zero-order valence-corrected chi connectivity index (χ0v) is 22.2. The highest BCUT2D eigenvalue weighted by molar-refractivity contribution is 7.92. The van der Waals surface area contributed by atoms with E-state index in [9.17, 15) is 21.6 Å². The fourth-order valence-corrected chi connectivity index (χ4v) is 5.75. The van der Waals surface area contributed by atoms with Crippen LogP contribution in [0.5, 0.6) is 11.5 Å². The number of ether oxygens (including phenoxy) is 2. The number of hydrogen-bond acceptors (Lipinski definition) is 7. The van der Waals surface area contributed by atoms with Crippen molar-refractivity contribution in [2.45, 2.75) is 17.9 Å². The van der Waals surface area contributed by atoms with E-state index in [-0.39, 0.29) is 22.9 Å². The average Bonchev–Trinajstić information content (AvgIpc) is 2.84. The predicted molar refractivity (Wildman–Crippen MR) is 142 cm³/mol. The number of nitrogens with one attached hydrogen (secondary N) is 2. The van der Waals surface area contributed by atoms with Crippen molar-refractivity contribution in [3.05, 3.63) is 71.8 Å². The van der Waals surface area contributed by atoms with Gasteiger partial charge in [-0.2, -0.15) is 0 Å². The second kappa shape index (κ2) is 10.5. The fraction of sp³-hybridized carbons (Fsp3) is 0.208. The molecular formula is C24H24ClN3O7S2. The molecular weight excluding hydrogens is 542 g/mol. The summed E-state index contributed by atoms with van der Waals surface area (Å²) in [5.41, 5.74) is 0.919. The summed E-state index contributed by atoms with van der Waals surface area (Å²) in [6.45, 7) is 2.10. The lowest BCUT2D eigenvalue weighted by Crippen LogP contribution is -2.48. The molecule has 0 saturated carbocycles. The van der Waals surface area contributed by atoms with Crippen molar-refractivity contribution in [3.63, 3.8) is 0 Å². The summed E-state index contributed by atoms with van der Waals surface area (Å²) in [6, 6.07) is 16.5. The van der Waals surface area contributed by atoms with E-state index in [4.69, 9.17) is 21.1 Å². The van der Waals surface area contributed by atoms with Crippen LogP contribution in [0.2, 0.25) is 5.02 Å². The van der Waals surface area contributed by atoms with Gasteiger partial charge in [-0.1, -0.05) is 11.6 Å². The van der Waals surface area contributed by atoms with E-state index in [1.165, 1.54) is 42.5 Å². The molecule has 0 saturated heterocycles. The number of nitrogens with zero attached hydrogens (tertiary/aromatic N) is 1. The second-order valence-electron chi connectivity index (χ2n) is 8.09. The maximum Gasteiger partial charge on any atom is 0.267 e. The number of benzene rings is 3. The molecule has 1 aliphatic rings. The van der Waals surface area contributed by atoms with E-state index in [0.29, 0.717) is 28.8 Å². The van der Waals surface area contributed by atoms with Crippen molar-refractivity contribution in [2.75, 3.05) is 33.8 Å². The number of carbonyl (C=O) groups is 1. The maximum atomic E-state index is 12.9. The van der Waals surface area contributed by atoms with Crippen molar-refractivity contribution < 1.29 is 31.1 Å². The number of halogens is 1. The molecule has 10 nitrogen and oxygen atoms in total. The summed E-state index contributed by atoms with van der Waals surface area (Å²) in [5, 5.41) is 2.96. The van der Waals surface area contributed by atoms with Crippen LogP contribution in [0, 0.1) is 0 Å². The van der Waals surface area contributed by atoms with Crippen LogP contribution in [0.4, 0.5) is 17.1 Å². The molecule has 0 bridgehead atoms. The zero-order chi connectivity index (χ0) is 26.8. The molecule has 1 aliphatic heterocycles. The molecule has 1 amide bonds. The van der Waals surface area contributed by atoms with E-state index in [0.717, 1.165) is 10.6 Å². The number of hydrogen-bond donors (Lipinski definition) is 2. The maximum absolute atomic E-state index is 12.9. The van der Waals surface area contributed by atoms with Gasteiger partial charge in [-0.05, 0) is 73.7 Å². The number of anilines is 3. The third-order valence-electron chi connectivity index (χ3n) is 5.33. The molecule has 1 atom stereocenters. The minimum atomic E-state index is -3.88. The van der Waals surface area contributed by atoms with E-state index in [1.807, 2.05) is 6.92 Å². The molecule has 196 valence electrons. The summed E-state index contributed by atoms with van der Waals surface area (Å²) in [5.74, 6) is 0.222. The van der Waals surface area contributed by atoms with E-state index >= 15 is 0 Å². The van der Waals surface area contributed by atoms with Crippen LogP contribution >= 0.6 is 11.6 Å². The number of amides is 1. The first kappa shape index (κ1) is 26.6. The quantitative estimate of drug-likeness (QED) is 0.425. The molecule has 0 spiro atoms. The Kier molecular flexibility index (Phi) is 7.53. The third kappa shape index (κ3) is 6.27. The Bertz CT molecular complexity index is 1510. The first-order chi connectivity index (χ1) is 17.5. The largest absolute Gasteiger partial charge is 0.494 e. The van der Waals surface area contributed by atoms with Gasteiger partial charge in [0.05, 0.1) is 30.0 Å². The highest BCUT2D eigenvalue weighted by Crippen LogP contribution is 2.37. The third-order valence-corrected chi connectivity index (χ3v) is 8.11. The molecule has 4 rings (SSSR count). The van der Waals surface area contributed by atoms with E-state index < -0.39 is 32.1 Å². The Hall–Kier alpha value is -3.48. The Labute approximate surface area is 220 Å². The normalized spacial score (nSPS) is 15.3. The molecule has 1 heterocycles. The smallest absolute Gasteiger partial charge is 0.267 e. The lowest BCUT2D eigenvalue weighted by Gasteiger charge is -2.34. The monoisotopic (exact) mass is 565 g/mol. The summed E-state index contributed by atoms with van der Waals surface area (Å²) in [7, 11) is -7.59. The van der Waals surface area contributed by atoms with Gasteiger partial charge in [0, 0.05) is 16.4 Å². The minimum absolute atomic E-state index is 0.0117. The highest BCUT2D eigenvalue weighted by atomic mass is 35.5. The molecule has 37 heavy (non-hydrogen) atoms. The molecule has 0 aliphatic carbocycles. The van der Waals surface area contributed by atoms with Crippen LogP contribution in [0.3, 0.4) is 0 Å². The molecule has 0 unspecified atom stereocenters. The average molecular weight is 566 g/mol. The first-order valence-corrected chi connectivity index (χ1v) is 14.8. The lowest BCUT2D eigenvalue weighted by atomic mass is 10.2. The van der Waals surface area contributed by atoms with Gasteiger partial charge in [0.25, 0.3) is 15.9 Å². The standard InChI is InChI=1S/C24H24ClN3O7S2/c1-3-34-19-9-5-18(6-10-19)27-37(32,33)20-11-7-17(8-12-20)26-24(29)23-15-28(36(2,30)31)21-14-16(25)4-13-22(21)35-23/h4-14,23,27H,3,15H2,1-2H3,(H,26,29)/t23-/m0/s1. The molecule has 2 N–H and O–H groups in total. The molecule has 0 radical (unpaired) electrons. The van der Waals surface area contributed by atoms with Crippen molar-refractivity contribution in [1.29, 1.82) is 0 Å². The summed E-state index contributed by atoms with van der Waals surface area (Å²) >= 11 is 6.00. The van der Waals surface area contributed by atoms with Crippen molar-refractivity contribution in [1.82, 2.24) is 0 Å². The van der Waals surface area contributed by atoms with E-state index in [2.05, 4.69) is 10.0 Å². The number of sulfonamides is 2. The van der Waals surface area contributed by atoms with Gasteiger partial charge in [0.15, 0.2) is 6.10 Å². The van der Waals surface area contributed by atoms with Crippen LogP contribution in [-0.2, 0) is 24.8 Å². The first-order valence-electron chi connectivity index (χ1n) is 11.1. The van der Waals surface area contributed by atoms with Crippen molar-refractivity contribution >= 4 is 54.6 Å². The fourth-order valence-electron chi connectivity index (χ4n) is 3.62. The topological polar surface area (TPSA) is 131 Å². The van der Waals surface area contributed by atoms with Crippen molar-refractivity contribution in [2.24, 2.45) is 0 Å². The number of carbonyl (C=O) groups excluding carboxylic acids is 1. The number of fused-ring (bicyclic) bond motifs is 1. The second-order valence-corrected chi connectivity index (χ2v) is 12.1. The predicted octanol–water partition coefficient (Wildman–Crippen LogP) is 3.71. The number of rotatable bonds is 8. The zero-order valence-electron chi connectivity index (χ0n) is 19.8. The molecule has 3 aromatic carbocycles. The van der Waals surface area contributed by atoms with Gasteiger partial charge in [0.1, 0.15) is 11.5 Å².